The van der Waals surface area contributed by atoms with Gasteiger partial charge in [-0.2, -0.15) is 0 Å². The van der Waals surface area contributed by atoms with Gasteiger partial charge in [-0.05, 0) is 43.3 Å². The highest BCUT2D eigenvalue weighted by Crippen LogP contribution is 2.20. The molecule has 1 amide bonds. The standard InChI is InChI=1S/C16H15NO4/c1-10-3-8-14(13(9-10)16(20)21-2)17-15(19)11-4-6-12(18)7-5-11/h3-9,18H,1-2H3,(H,17,19). The lowest BCUT2D eigenvalue weighted by Gasteiger charge is -2.10. The third kappa shape index (κ3) is 3.39. The zero-order chi connectivity index (χ0) is 15.4. The van der Waals surface area contributed by atoms with Gasteiger partial charge in [0.1, 0.15) is 5.75 Å². The summed E-state index contributed by atoms with van der Waals surface area (Å²) in [6.45, 7) is 1.85. The average Bonchev–Trinajstić information content (AvgIpc) is 2.48. The van der Waals surface area contributed by atoms with E-state index in [1.165, 1.54) is 31.4 Å². The third-order valence-corrected chi connectivity index (χ3v) is 2.96. The van der Waals surface area contributed by atoms with Crippen LogP contribution in [0, 0.1) is 6.92 Å². The maximum Gasteiger partial charge on any atom is 0.339 e. The van der Waals surface area contributed by atoms with Crippen molar-refractivity contribution in [3.63, 3.8) is 0 Å². The minimum absolute atomic E-state index is 0.0807. The van der Waals surface area contributed by atoms with E-state index in [4.69, 9.17) is 4.74 Å². The number of phenolic OH excluding ortho intramolecular Hbond substituents is 1. The molecular formula is C16H15NO4. The largest absolute Gasteiger partial charge is 0.508 e. The molecule has 0 fully saturated rings. The Balaban J connectivity index is 2.28. The van der Waals surface area contributed by atoms with E-state index in [0.717, 1.165) is 5.56 Å². The molecule has 21 heavy (non-hydrogen) atoms. The summed E-state index contributed by atoms with van der Waals surface area (Å²) in [5.41, 5.74) is 1.94. The van der Waals surface area contributed by atoms with Crippen molar-refractivity contribution < 1.29 is 19.4 Å². The molecule has 5 nitrogen and oxygen atoms in total. The number of esters is 1. The maximum absolute atomic E-state index is 12.1. The van der Waals surface area contributed by atoms with E-state index < -0.39 is 5.97 Å². The van der Waals surface area contributed by atoms with E-state index in [1.807, 2.05) is 6.92 Å². The predicted molar refractivity (Wildman–Crippen MR) is 78.6 cm³/mol. The van der Waals surface area contributed by atoms with Gasteiger partial charge < -0.3 is 15.2 Å². The second kappa shape index (κ2) is 6.09. The molecule has 2 rings (SSSR count). The molecule has 0 unspecified atom stereocenters. The number of phenols is 1. The van der Waals surface area contributed by atoms with Crippen LogP contribution in [0.3, 0.4) is 0 Å². The summed E-state index contributed by atoms with van der Waals surface area (Å²) < 4.78 is 4.71. The van der Waals surface area contributed by atoms with Crippen LogP contribution in [0.4, 0.5) is 5.69 Å². The van der Waals surface area contributed by atoms with Gasteiger partial charge in [0.25, 0.3) is 5.91 Å². The molecule has 2 N–H and O–H groups in total. The van der Waals surface area contributed by atoms with Crippen LogP contribution in [0.15, 0.2) is 42.5 Å². The van der Waals surface area contributed by atoms with Crippen LogP contribution < -0.4 is 5.32 Å². The molecule has 0 saturated carbocycles. The summed E-state index contributed by atoms with van der Waals surface area (Å²) in [4.78, 5) is 23.9. The number of carbonyl (C=O) groups excluding carboxylic acids is 2. The normalized spacial score (nSPS) is 10.0. The number of aromatic hydroxyl groups is 1. The number of carbonyl (C=O) groups is 2. The molecule has 0 aliphatic heterocycles. The molecule has 0 radical (unpaired) electrons. The number of amides is 1. The third-order valence-electron chi connectivity index (χ3n) is 2.96. The summed E-state index contributed by atoms with van der Waals surface area (Å²) in [7, 11) is 1.29. The monoisotopic (exact) mass is 285 g/mol. The second-order valence-electron chi connectivity index (χ2n) is 4.54. The molecule has 0 aromatic heterocycles. The van der Waals surface area contributed by atoms with Gasteiger partial charge in [-0.3, -0.25) is 4.79 Å². The van der Waals surface area contributed by atoms with Gasteiger partial charge in [0.05, 0.1) is 18.4 Å². The number of aryl methyl sites for hydroxylation is 1. The molecule has 0 spiro atoms. The fourth-order valence-corrected chi connectivity index (χ4v) is 1.85. The molecule has 108 valence electrons. The molecule has 0 aliphatic carbocycles. The van der Waals surface area contributed by atoms with Crippen LogP contribution in [0.2, 0.25) is 0 Å². The maximum atomic E-state index is 12.1. The van der Waals surface area contributed by atoms with Crippen molar-refractivity contribution >= 4 is 17.6 Å². The quantitative estimate of drug-likeness (QED) is 0.850. The van der Waals surface area contributed by atoms with Crippen LogP contribution in [-0.4, -0.2) is 24.1 Å². The number of benzene rings is 2. The van der Waals surface area contributed by atoms with Gasteiger partial charge in [-0.15, -0.1) is 0 Å². The Morgan fingerprint density at radius 3 is 2.38 bits per heavy atom. The van der Waals surface area contributed by atoms with E-state index in [9.17, 15) is 14.7 Å². The molecule has 0 bridgehead atoms. The Labute approximate surface area is 122 Å². The number of rotatable bonds is 3. The summed E-state index contributed by atoms with van der Waals surface area (Å²) in [5.74, 6) is -0.805. The summed E-state index contributed by atoms with van der Waals surface area (Å²) >= 11 is 0. The Morgan fingerprint density at radius 2 is 1.76 bits per heavy atom. The Morgan fingerprint density at radius 1 is 1.10 bits per heavy atom. The highest BCUT2D eigenvalue weighted by molar-refractivity contribution is 6.08. The van der Waals surface area contributed by atoms with Crippen LogP contribution >= 0.6 is 0 Å². The van der Waals surface area contributed by atoms with Crippen molar-refractivity contribution in [3.05, 3.63) is 59.2 Å². The van der Waals surface area contributed by atoms with E-state index in [-0.39, 0.29) is 11.7 Å². The lowest BCUT2D eigenvalue weighted by molar-refractivity contribution is 0.0602. The van der Waals surface area contributed by atoms with Gasteiger partial charge in [0, 0.05) is 5.56 Å². The summed E-state index contributed by atoms with van der Waals surface area (Å²) in [6, 6.07) is 10.9. The Hall–Kier alpha value is -2.82. The first-order valence-electron chi connectivity index (χ1n) is 6.30. The number of ether oxygens (including phenoxy) is 1. The molecule has 5 heteroatoms. The van der Waals surface area contributed by atoms with E-state index in [1.54, 1.807) is 18.2 Å². The number of nitrogens with one attached hydrogen (secondary N) is 1. The van der Waals surface area contributed by atoms with Gasteiger partial charge in [0.15, 0.2) is 0 Å². The lowest BCUT2D eigenvalue weighted by atomic mass is 10.1. The Kier molecular flexibility index (Phi) is 4.23. The second-order valence-corrected chi connectivity index (χ2v) is 4.54. The van der Waals surface area contributed by atoms with Gasteiger partial charge in [0.2, 0.25) is 0 Å². The first-order chi connectivity index (χ1) is 10.0. The smallest absolute Gasteiger partial charge is 0.339 e. The van der Waals surface area contributed by atoms with Crippen molar-refractivity contribution in [2.75, 3.05) is 12.4 Å². The first-order valence-corrected chi connectivity index (χ1v) is 6.30. The van der Waals surface area contributed by atoms with Crippen LogP contribution in [-0.2, 0) is 4.74 Å². The van der Waals surface area contributed by atoms with Crippen molar-refractivity contribution in [1.82, 2.24) is 0 Å². The lowest BCUT2D eigenvalue weighted by Crippen LogP contribution is -2.15. The van der Waals surface area contributed by atoms with Crippen LogP contribution in [0.25, 0.3) is 0 Å². The van der Waals surface area contributed by atoms with Crippen molar-refractivity contribution in [2.45, 2.75) is 6.92 Å². The Bertz CT molecular complexity index is 677. The molecule has 2 aromatic carbocycles. The molecule has 0 atom stereocenters. The average molecular weight is 285 g/mol. The number of hydrogen-bond acceptors (Lipinski definition) is 4. The number of methoxy groups -OCH3 is 1. The van der Waals surface area contributed by atoms with Gasteiger partial charge in [-0.1, -0.05) is 11.6 Å². The molecule has 0 heterocycles. The fraction of sp³-hybridized carbons (Fsp3) is 0.125. The molecular weight excluding hydrogens is 270 g/mol. The van der Waals surface area contributed by atoms with Gasteiger partial charge >= 0.3 is 5.97 Å². The highest BCUT2D eigenvalue weighted by Gasteiger charge is 2.15. The van der Waals surface area contributed by atoms with Gasteiger partial charge in [-0.25, -0.2) is 4.79 Å². The van der Waals surface area contributed by atoms with E-state index in [0.29, 0.717) is 16.8 Å². The number of anilines is 1. The van der Waals surface area contributed by atoms with Crippen molar-refractivity contribution in [3.8, 4) is 5.75 Å². The summed E-state index contributed by atoms with van der Waals surface area (Å²) in [6.07, 6.45) is 0. The molecule has 0 aliphatic rings. The zero-order valence-corrected chi connectivity index (χ0v) is 11.7. The van der Waals surface area contributed by atoms with Crippen LogP contribution in [0.5, 0.6) is 5.75 Å². The van der Waals surface area contributed by atoms with E-state index in [2.05, 4.69) is 5.32 Å². The van der Waals surface area contributed by atoms with E-state index >= 15 is 0 Å². The highest BCUT2D eigenvalue weighted by atomic mass is 16.5. The SMILES string of the molecule is COC(=O)c1cc(C)ccc1NC(=O)c1ccc(O)cc1. The zero-order valence-electron chi connectivity index (χ0n) is 11.7. The predicted octanol–water partition coefficient (Wildman–Crippen LogP) is 2.74. The minimum atomic E-state index is -0.514. The molecule has 2 aromatic rings. The topological polar surface area (TPSA) is 75.6 Å². The van der Waals surface area contributed by atoms with Crippen molar-refractivity contribution in [1.29, 1.82) is 0 Å². The molecule has 0 saturated heterocycles. The van der Waals surface area contributed by atoms with Crippen molar-refractivity contribution in [2.24, 2.45) is 0 Å². The minimum Gasteiger partial charge on any atom is -0.508 e. The summed E-state index contributed by atoms with van der Waals surface area (Å²) in [5, 5.41) is 11.9. The first kappa shape index (κ1) is 14.6. The van der Waals surface area contributed by atoms with Crippen LogP contribution in [0.1, 0.15) is 26.3 Å². The fourth-order valence-electron chi connectivity index (χ4n) is 1.85. The number of hydrogen-bond donors (Lipinski definition) is 2.